The zero-order valence-corrected chi connectivity index (χ0v) is 11.5. The third-order valence-electron chi connectivity index (χ3n) is 2.91. The van der Waals surface area contributed by atoms with Gasteiger partial charge in [-0.2, -0.15) is 0 Å². The van der Waals surface area contributed by atoms with Gasteiger partial charge in [0, 0.05) is 18.5 Å². The fourth-order valence-electron chi connectivity index (χ4n) is 1.98. The van der Waals surface area contributed by atoms with E-state index in [2.05, 4.69) is 4.98 Å². The van der Waals surface area contributed by atoms with Gasteiger partial charge < -0.3 is 5.11 Å². The Labute approximate surface area is 116 Å². The van der Waals surface area contributed by atoms with Gasteiger partial charge in [0.2, 0.25) is 0 Å². The molecule has 4 nitrogen and oxygen atoms in total. The van der Waals surface area contributed by atoms with Crippen molar-refractivity contribution in [2.45, 2.75) is 12.5 Å². The maximum absolute atomic E-state index is 11.4. The molecule has 0 fully saturated rings. The summed E-state index contributed by atoms with van der Waals surface area (Å²) in [7, 11) is 1.91. The lowest BCUT2D eigenvalue weighted by atomic mass is 9.99. The van der Waals surface area contributed by atoms with Gasteiger partial charge >= 0.3 is 5.97 Å². The molecule has 1 aromatic carbocycles. The van der Waals surface area contributed by atoms with E-state index in [-0.39, 0.29) is 0 Å². The SMILES string of the molecule is CN(Cc1cscn1)CC(C(=O)O)c1ccccc1. The average molecular weight is 276 g/mol. The lowest BCUT2D eigenvalue weighted by Crippen LogP contribution is -2.28. The highest BCUT2D eigenvalue weighted by Gasteiger charge is 2.21. The van der Waals surface area contributed by atoms with E-state index < -0.39 is 11.9 Å². The standard InChI is InChI=1S/C14H16N2O2S/c1-16(7-12-9-19-10-15-12)8-13(14(17)18)11-5-3-2-4-6-11/h2-6,9-10,13H,7-8H2,1H3,(H,17,18). The highest BCUT2D eigenvalue weighted by Crippen LogP contribution is 2.18. The largest absolute Gasteiger partial charge is 0.481 e. The van der Waals surface area contributed by atoms with E-state index in [0.717, 1.165) is 11.3 Å². The monoisotopic (exact) mass is 276 g/mol. The Balaban J connectivity index is 2.03. The highest BCUT2D eigenvalue weighted by molar-refractivity contribution is 7.07. The van der Waals surface area contributed by atoms with Crippen molar-refractivity contribution in [3.8, 4) is 0 Å². The Bertz CT molecular complexity index is 514. The van der Waals surface area contributed by atoms with Gasteiger partial charge in [0.25, 0.3) is 0 Å². The van der Waals surface area contributed by atoms with Crippen LogP contribution in [0.3, 0.4) is 0 Å². The molecule has 2 rings (SSSR count). The summed E-state index contributed by atoms with van der Waals surface area (Å²) in [6.07, 6.45) is 0. The van der Waals surface area contributed by atoms with Crippen LogP contribution >= 0.6 is 11.3 Å². The normalized spacial score (nSPS) is 12.5. The topological polar surface area (TPSA) is 53.4 Å². The molecule has 0 spiro atoms. The van der Waals surface area contributed by atoms with Crippen LogP contribution < -0.4 is 0 Å². The molecule has 100 valence electrons. The van der Waals surface area contributed by atoms with Crippen molar-refractivity contribution >= 4 is 17.3 Å². The van der Waals surface area contributed by atoms with Crippen molar-refractivity contribution in [1.29, 1.82) is 0 Å². The minimum Gasteiger partial charge on any atom is -0.481 e. The summed E-state index contributed by atoms with van der Waals surface area (Å²) >= 11 is 1.55. The second kappa shape index (κ2) is 6.45. The first-order valence-electron chi connectivity index (χ1n) is 6.00. The van der Waals surface area contributed by atoms with Gasteiger partial charge in [0.15, 0.2) is 0 Å². The predicted octanol–water partition coefficient (Wildman–Crippen LogP) is 2.44. The number of hydrogen-bond acceptors (Lipinski definition) is 4. The van der Waals surface area contributed by atoms with Crippen LogP contribution in [0.15, 0.2) is 41.2 Å². The van der Waals surface area contributed by atoms with E-state index in [9.17, 15) is 9.90 Å². The molecular weight excluding hydrogens is 260 g/mol. The third kappa shape index (κ3) is 3.87. The Hall–Kier alpha value is -1.72. The summed E-state index contributed by atoms with van der Waals surface area (Å²) in [5, 5.41) is 11.3. The smallest absolute Gasteiger partial charge is 0.312 e. The quantitative estimate of drug-likeness (QED) is 0.880. The van der Waals surface area contributed by atoms with Gasteiger partial charge in [-0.15, -0.1) is 11.3 Å². The van der Waals surface area contributed by atoms with Gasteiger partial charge in [0.1, 0.15) is 0 Å². The van der Waals surface area contributed by atoms with Crippen LogP contribution in [0.1, 0.15) is 17.2 Å². The number of aliphatic carboxylic acids is 1. The summed E-state index contributed by atoms with van der Waals surface area (Å²) in [6, 6.07) is 9.34. The van der Waals surface area contributed by atoms with Crippen molar-refractivity contribution < 1.29 is 9.90 Å². The zero-order chi connectivity index (χ0) is 13.7. The van der Waals surface area contributed by atoms with Crippen LogP contribution in [0.25, 0.3) is 0 Å². The van der Waals surface area contributed by atoms with Crippen molar-refractivity contribution in [2.75, 3.05) is 13.6 Å². The first-order valence-corrected chi connectivity index (χ1v) is 6.94. The summed E-state index contributed by atoms with van der Waals surface area (Å²) in [5.74, 6) is -1.30. The molecule has 2 aromatic rings. The number of carboxylic acid groups (broad SMARTS) is 1. The molecule has 0 aliphatic carbocycles. The lowest BCUT2D eigenvalue weighted by Gasteiger charge is -2.20. The van der Waals surface area contributed by atoms with E-state index in [0.29, 0.717) is 13.1 Å². The predicted molar refractivity (Wildman–Crippen MR) is 75.3 cm³/mol. The molecule has 0 saturated heterocycles. The molecule has 1 N–H and O–H groups in total. The summed E-state index contributed by atoms with van der Waals surface area (Å²) in [4.78, 5) is 17.6. The van der Waals surface area contributed by atoms with E-state index >= 15 is 0 Å². The summed E-state index contributed by atoms with van der Waals surface area (Å²) < 4.78 is 0. The molecule has 19 heavy (non-hydrogen) atoms. The van der Waals surface area contributed by atoms with Gasteiger partial charge in [-0.3, -0.25) is 9.69 Å². The molecule has 1 atom stereocenters. The van der Waals surface area contributed by atoms with Crippen LogP contribution in [0.2, 0.25) is 0 Å². The first kappa shape index (κ1) is 13.7. The molecule has 0 aliphatic rings. The van der Waals surface area contributed by atoms with Crippen LogP contribution in [-0.2, 0) is 11.3 Å². The maximum Gasteiger partial charge on any atom is 0.312 e. The van der Waals surface area contributed by atoms with Gasteiger partial charge in [-0.1, -0.05) is 30.3 Å². The fraction of sp³-hybridized carbons (Fsp3) is 0.286. The number of nitrogens with zero attached hydrogens (tertiary/aromatic N) is 2. The van der Waals surface area contributed by atoms with Crippen LogP contribution in [0.5, 0.6) is 0 Å². The minimum atomic E-state index is -0.795. The maximum atomic E-state index is 11.4. The van der Waals surface area contributed by atoms with Crippen molar-refractivity contribution in [3.05, 3.63) is 52.5 Å². The van der Waals surface area contributed by atoms with E-state index in [4.69, 9.17) is 0 Å². The van der Waals surface area contributed by atoms with Gasteiger partial charge in [0.05, 0.1) is 17.1 Å². The molecular formula is C14H16N2O2S. The minimum absolute atomic E-state index is 0.469. The Morgan fingerprint density at radius 2 is 2.16 bits per heavy atom. The fourth-order valence-corrected chi connectivity index (χ4v) is 2.53. The second-order valence-electron chi connectivity index (χ2n) is 4.48. The molecule has 1 aromatic heterocycles. The zero-order valence-electron chi connectivity index (χ0n) is 10.7. The molecule has 1 heterocycles. The van der Waals surface area contributed by atoms with Crippen molar-refractivity contribution in [2.24, 2.45) is 0 Å². The molecule has 0 amide bonds. The Morgan fingerprint density at radius 1 is 1.42 bits per heavy atom. The number of carboxylic acids is 1. The Morgan fingerprint density at radius 3 is 2.74 bits per heavy atom. The van der Waals surface area contributed by atoms with Crippen LogP contribution in [0.4, 0.5) is 0 Å². The summed E-state index contributed by atoms with van der Waals surface area (Å²) in [6.45, 7) is 1.14. The molecule has 1 unspecified atom stereocenters. The second-order valence-corrected chi connectivity index (χ2v) is 5.20. The number of benzene rings is 1. The average Bonchev–Trinajstić information content (AvgIpc) is 2.89. The van der Waals surface area contributed by atoms with Crippen LogP contribution in [0, 0.1) is 0 Å². The Kier molecular flexibility index (Phi) is 4.65. The number of aromatic nitrogens is 1. The highest BCUT2D eigenvalue weighted by atomic mass is 32.1. The number of hydrogen-bond donors (Lipinski definition) is 1. The summed E-state index contributed by atoms with van der Waals surface area (Å²) in [5.41, 5.74) is 3.60. The van der Waals surface area contributed by atoms with Gasteiger partial charge in [-0.25, -0.2) is 4.98 Å². The molecule has 0 saturated carbocycles. The van der Waals surface area contributed by atoms with E-state index in [1.165, 1.54) is 0 Å². The van der Waals surface area contributed by atoms with E-state index in [1.54, 1.807) is 16.8 Å². The van der Waals surface area contributed by atoms with Gasteiger partial charge in [-0.05, 0) is 12.6 Å². The number of carbonyl (C=O) groups is 1. The lowest BCUT2D eigenvalue weighted by molar-refractivity contribution is -0.139. The molecule has 0 bridgehead atoms. The van der Waals surface area contributed by atoms with E-state index in [1.807, 2.05) is 47.7 Å². The first-order chi connectivity index (χ1) is 9.16. The number of rotatable bonds is 6. The molecule has 0 radical (unpaired) electrons. The number of likely N-dealkylation sites (N-methyl/N-ethyl adjacent to an activating group) is 1. The van der Waals surface area contributed by atoms with Crippen molar-refractivity contribution in [1.82, 2.24) is 9.88 Å². The molecule has 5 heteroatoms. The third-order valence-corrected chi connectivity index (χ3v) is 3.54. The number of thiazole rings is 1. The van der Waals surface area contributed by atoms with Crippen LogP contribution in [-0.4, -0.2) is 34.6 Å². The van der Waals surface area contributed by atoms with Crippen molar-refractivity contribution in [3.63, 3.8) is 0 Å². The molecule has 0 aliphatic heterocycles.